The van der Waals surface area contributed by atoms with E-state index >= 15 is 0 Å². The molecule has 1 N–H and O–H groups in total. The summed E-state index contributed by atoms with van der Waals surface area (Å²) in [6.07, 6.45) is 6.90. The molecule has 36 heavy (non-hydrogen) atoms. The Morgan fingerprint density at radius 1 is 0.944 bits per heavy atom. The Bertz CT molecular complexity index is 1530. The largest absolute Gasteiger partial charge is 0.366 e. The van der Waals surface area contributed by atoms with Crippen molar-refractivity contribution in [2.45, 2.75) is 25.8 Å². The van der Waals surface area contributed by atoms with Crippen molar-refractivity contribution in [3.63, 3.8) is 0 Å². The zero-order valence-electron chi connectivity index (χ0n) is 19.7. The lowest BCUT2D eigenvalue weighted by Crippen LogP contribution is -2.21. The van der Waals surface area contributed by atoms with Crippen molar-refractivity contribution in [3.8, 4) is 0 Å². The topological polar surface area (TPSA) is 70.6 Å². The second-order valence-corrected chi connectivity index (χ2v) is 9.51. The first-order chi connectivity index (χ1) is 17.7. The lowest BCUT2D eigenvalue weighted by molar-refractivity contribution is 0.819. The van der Waals surface area contributed by atoms with E-state index in [1.54, 1.807) is 0 Å². The lowest BCUT2D eigenvalue weighted by atomic mass is 10.0. The van der Waals surface area contributed by atoms with Crippen LogP contribution in [0.3, 0.4) is 0 Å². The monoisotopic (exact) mass is 492 g/mol. The van der Waals surface area contributed by atoms with E-state index in [1.165, 1.54) is 22.4 Å². The SMILES string of the molecule is Clc1ccc2ccc(C=Cc3ccc(CN4CCc5cccc(CCc6nn[nH]n6)c54)cc3)nc2c1. The van der Waals surface area contributed by atoms with E-state index in [0.29, 0.717) is 5.02 Å². The number of aromatic amines is 1. The summed E-state index contributed by atoms with van der Waals surface area (Å²) in [7, 11) is 0. The maximum Gasteiger partial charge on any atom is 0.174 e. The molecule has 6 rings (SSSR count). The molecule has 2 aromatic heterocycles. The summed E-state index contributed by atoms with van der Waals surface area (Å²) < 4.78 is 0. The number of para-hydroxylation sites is 1. The van der Waals surface area contributed by atoms with Gasteiger partial charge in [-0.3, -0.25) is 0 Å². The van der Waals surface area contributed by atoms with Crippen LogP contribution in [-0.2, 0) is 25.8 Å². The summed E-state index contributed by atoms with van der Waals surface area (Å²) in [6.45, 7) is 1.93. The Balaban J connectivity index is 1.14. The molecule has 3 aromatic carbocycles. The van der Waals surface area contributed by atoms with Gasteiger partial charge in [0.2, 0.25) is 0 Å². The smallest absolute Gasteiger partial charge is 0.174 e. The van der Waals surface area contributed by atoms with Crippen molar-refractivity contribution < 1.29 is 0 Å². The van der Waals surface area contributed by atoms with Crippen molar-refractivity contribution >= 4 is 40.3 Å². The molecule has 3 heterocycles. The Morgan fingerprint density at radius 3 is 2.69 bits per heavy atom. The number of nitrogens with zero attached hydrogens (tertiary/aromatic N) is 5. The first-order valence-electron chi connectivity index (χ1n) is 12.1. The first-order valence-corrected chi connectivity index (χ1v) is 12.5. The van der Waals surface area contributed by atoms with Gasteiger partial charge in [0.25, 0.3) is 0 Å². The first kappa shape index (κ1) is 22.4. The van der Waals surface area contributed by atoms with E-state index < -0.39 is 0 Å². The number of aromatic nitrogens is 5. The number of H-pyrrole nitrogens is 1. The number of halogens is 1. The number of rotatable bonds is 7. The van der Waals surface area contributed by atoms with Crippen molar-refractivity contribution in [1.82, 2.24) is 25.6 Å². The summed E-state index contributed by atoms with van der Waals surface area (Å²) in [5, 5.41) is 16.2. The molecule has 0 unspecified atom stereocenters. The molecule has 178 valence electrons. The van der Waals surface area contributed by atoms with Crippen LogP contribution in [0.5, 0.6) is 0 Å². The fourth-order valence-corrected chi connectivity index (χ4v) is 5.02. The van der Waals surface area contributed by atoms with E-state index in [-0.39, 0.29) is 0 Å². The van der Waals surface area contributed by atoms with Crippen molar-refractivity contribution in [3.05, 3.63) is 112 Å². The highest BCUT2D eigenvalue weighted by atomic mass is 35.5. The summed E-state index contributed by atoms with van der Waals surface area (Å²) >= 11 is 6.12. The Kier molecular flexibility index (Phi) is 6.18. The third kappa shape index (κ3) is 4.86. The van der Waals surface area contributed by atoms with Gasteiger partial charge in [0.05, 0.1) is 11.2 Å². The molecular weight excluding hydrogens is 468 g/mol. The van der Waals surface area contributed by atoms with Gasteiger partial charge in [-0.25, -0.2) is 4.98 Å². The molecule has 0 saturated heterocycles. The van der Waals surface area contributed by atoms with Crippen molar-refractivity contribution in [2.75, 3.05) is 11.4 Å². The quantitative estimate of drug-likeness (QED) is 0.305. The highest BCUT2D eigenvalue weighted by Gasteiger charge is 2.22. The van der Waals surface area contributed by atoms with Crippen LogP contribution in [0.2, 0.25) is 5.02 Å². The fourth-order valence-electron chi connectivity index (χ4n) is 4.85. The molecule has 7 heteroatoms. The Labute approximate surface area is 214 Å². The van der Waals surface area contributed by atoms with Crippen LogP contribution >= 0.6 is 11.6 Å². The number of nitrogens with one attached hydrogen (secondary N) is 1. The number of hydrogen-bond acceptors (Lipinski definition) is 5. The van der Waals surface area contributed by atoms with Crippen LogP contribution < -0.4 is 4.90 Å². The van der Waals surface area contributed by atoms with Crippen LogP contribution in [0.15, 0.2) is 72.8 Å². The van der Waals surface area contributed by atoms with Gasteiger partial charge >= 0.3 is 0 Å². The molecule has 0 saturated carbocycles. The van der Waals surface area contributed by atoms with Gasteiger partial charge in [0.1, 0.15) is 0 Å². The second kappa shape index (κ2) is 9.91. The number of hydrogen-bond donors (Lipinski definition) is 1. The molecule has 5 aromatic rings. The third-order valence-corrected chi connectivity index (χ3v) is 6.89. The van der Waals surface area contributed by atoms with Gasteiger partial charge in [-0.05, 0) is 59.4 Å². The summed E-state index contributed by atoms with van der Waals surface area (Å²) in [4.78, 5) is 7.20. The number of tetrazole rings is 1. The molecule has 0 aliphatic carbocycles. The molecule has 0 spiro atoms. The van der Waals surface area contributed by atoms with Crippen LogP contribution in [0.4, 0.5) is 5.69 Å². The number of pyridine rings is 1. The fraction of sp³-hybridized carbons (Fsp3) is 0.172. The van der Waals surface area contributed by atoms with E-state index in [0.717, 1.165) is 60.3 Å². The molecule has 0 fully saturated rings. The average molecular weight is 493 g/mol. The second-order valence-electron chi connectivity index (χ2n) is 9.07. The molecular formula is C29H25ClN6. The number of aryl methyl sites for hydroxylation is 2. The minimum Gasteiger partial charge on any atom is -0.366 e. The van der Waals surface area contributed by atoms with Crippen LogP contribution in [-0.4, -0.2) is 32.2 Å². The lowest BCUT2D eigenvalue weighted by Gasteiger charge is -2.22. The Morgan fingerprint density at radius 2 is 1.83 bits per heavy atom. The minimum atomic E-state index is 0.700. The standard InChI is InChI=1S/C29H25ClN6/c30-25-12-9-22-10-14-26(31-27(22)18-25)13-8-20-4-6-21(7-5-20)19-36-17-16-24-3-1-2-23(29(24)36)11-15-28-32-34-35-33-28/h1-10,12-14,18H,11,15-17,19H2,(H,32,33,34,35). The van der Waals surface area contributed by atoms with Gasteiger partial charge in [0, 0.05) is 35.6 Å². The molecule has 1 aliphatic heterocycles. The summed E-state index contributed by atoms with van der Waals surface area (Å²) in [5.41, 5.74) is 8.40. The zero-order chi connectivity index (χ0) is 24.3. The number of benzene rings is 3. The van der Waals surface area contributed by atoms with Crippen LogP contribution in [0.1, 0.15) is 33.8 Å². The number of anilines is 1. The zero-order valence-corrected chi connectivity index (χ0v) is 20.5. The highest BCUT2D eigenvalue weighted by Crippen LogP contribution is 2.33. The molecule has 0 amide bonds. The van der Waals surface area contributed by atoms with Crippen LogP contribution in [0.25, 0.3) is 23.1 Å². The van der Waals surface area contributed by atoms with Gasteiger partial charge in [-0.2, -0.15) is 5.21 Å². The summed E-state index contributed by atoms with van der Waals surface area (Å²) in [5.74, 6) is 0.753. The summed E-state index contributed by atoms with van der Waals surface area (Å²) in [6, 6.07) is 25.3. The maximum atomic E-state index is 6.12. The van der Waals surface area contributed by atoms with Gasteiger partial charge in [-0.15, -0.1) is 10.2 Å². The van der Waals surface area contributed by atoms with Gasteiger partial charge < -0.3 is 4.90 Å². The normalized spacial score (nSPS) is 13.1. The number of fused-ring (bicyclic) bond motifs is 2. The molecule has 1 aliphatic rings. The van der Waals surface area contributed by atoms with Crippen molar-refractivity contribution in [1.29, 1.82) is 0 Å². The maximum absolute atomic E-state index is 6.12. The van der Waals surface area contributed by atoms with Gasteiger partial charge in [0.15, 0.2) is 5.82 Å². The van der Waals surface area contributed by atoms with Gasteiger partial charge in [-0.1, -0.05) is 77.5 Å². The van der Waals surface area contributed by atoms with E-state index in [2.05, 4.69) is 80.1 Å². The predicted octanol–water partition coefficient (Wildman–Crippen LogP) is 5.92. The van der Waals surface area contributed by atoms with E-state index in [9.17, 15) is 0 Å². The minimum absolute atomic E-state index is 0.700. The molecule has 6 nitrogen and oxygen atoms in total. The molecule has 0 atom stereocenters. The Hall–Kier alpha value is -4.03. The molecule has 0 bridgehead atoms. The predicted molar refractivity (Wildman–Crippen MR) is 145 cm³/mol. The third-order valence-electron chi connectivity index (χ3n) is 6.65. The van der Waals surface area contributed by atoms with E-state index in [1.807, 2.05) is 30.3 Å². The van der Waals surface area contributed by atoms with Crippen LogP contribution in [0, 0.1) is 0 Å². The van der Waals surface area contributed by atoms with E-state index in [4.69, 9.17) is 16.6 Å². The van der Waals surface area contributed by atoms with Crippen molar-refractivity contribution in [2.24, 2.45) is 0 Å². The average Bonchev–Trinajstić information content (AvgIpc) is 3.57. The molecule has 0 radical (unpaired) electrons. The highest BCUT2D eigenvalue weighted by molar-refractivity contribution is 6.31.